The van der Waals surface area contributed by atoms with Gasteiger partial charge in [-0.05, 0) is 29.8 Å². The Labute approximate surface area is 225 Å². The van der Waals surface area contributed by atoms with Crippen LogP contribution in [0.1, 0.15) is 23.5 Å². The second kappa shape index (κ2) is 10.7. The van der Waals surface area contributed by atoms with Crippen molar-refractivity contribution in [3.8, 4) is 16.9 Å². The van der Waals surface area contributed by atoms with Crippen molar-refractivity contribution in [3.05, 3.63) is 77.8 Å². The van der Waals surface area contributed by atoms with Crippen molar-refractivity contribution in [2.75, 3.05) is 12.9 Å². The summed E-state index contributed by atoms with van der Waals surface area (Å²) in [6, 6.07) is 6.70. The molecular formula is C24H23F3N6O6S. The lowest BCUT2D eigenvalue weighted by Crippen LogP contribution is -2.53. The molecule has 0 aliphatic carbocycles. The van der Waals surface area contributed by atoms with Crippen LogP contribution in [0.15, 0.2) is 48.9 Å². The second-order valence-corrected chi connectivity index (χ2v) is 11.5. The molecule has 5 rings (SSSR count). The van der Waals surface area contributed by atoms with Gasteiger partial charge in [0.2, 0.25) is 0 Å². The Morgan fingerprint density at radius 2 is 1.77 bits per heavy atom. The van der Waals surface area contributed by atoms with Gasteiger partial charge in [0.05, 0.1) is 18.6 Å². The molecule has 4 aromatic rings. The molecule has 212 valence electrons. The molecule has 0 spiro atoms. The molecule has 1 aliphatic heterocycles. The summed E-state index contributed by atoms with van der Waals surface area (Å²) in [6.07, 6.45) is -1.95. The third kappa shape index (κ3) is 5.35. The lowest BCUT2D eigenvalue weighted by atomic mass is 9.92. The lowest BCUT2D eigenvalue weighted by Gasteiger charge is -2.41. The number of aliphatic hydroxyl groups excluding tert-OH is 3. The van der Waals surface area contributed by atoms with Crippen molar-refractivity contribution in [2.45, 2.75) is 36.2 Å². The summed E-state index contributed by atoms with van der Waals surface area (Å²) < 4.78 is 72.8. The van der Waals surface area contributed by atoms with Crippen LogP contribution in [-0.4, -0.2) is 84.7 Å². The Morgan fingerprint density at radius 3 is 2.45 bits per heavy atom. The van der Waals surface area contributed by atoms with Crippen LogP contribution in [0, 0.1) is 17.5 Å². The van der Waals surface area contributed by atoms with Crippen LogP contribution in [0.2, 0.25) is 0 Å². The zero-order chi connectivity index (χ0) is 28.8. The number of halogens is 3. The van der Waals surface area contributed by atoms with E-state index < -0.39 is 64.4 Å². The minimum atomic E-state index is -3.32. The Kier molecular flexibility index (Phi) is 7.45. The molecule has 0 radical (unpaired) electrons. The van der Waals surface area contributed by atoms with Crippen molar-refractivity contribution >= 4 is 9.84 Å². The number of rotatable bonds is 7. The molecule has 0 bridgehead atoms. The van der Waals surface area contributed by atoms with Crippen LogP contribution in [0.3, 0.4) is 0 Å². The van der Waals surface area contributed by atoms with Crippen LogP contribution in [-0.2, 0) is 20.3 Å². The summed E-state index contributed by atoms with van der Waals surface area (Å²) in [7, 11) is -3.32. The predicted molar refractivity (Wildman–Crippen MR) is 131 cm³/mol. The SMILES string of the molecule is CS(=O)(=O)Cc1cccc(-n2cnnc2[C@@H]2O[C@H](CO)[C@H](O)[C@H](n3cc(-c4cc(F)c(F)c(F)c4)nn3)[C@H]2O)c1. The van der Waals surface area contributed by atoms with E-state index in [1.54, 1.807) is 24.3 Å². The third-order valence-electron chi connectivity index (χ3n) is 6.43. The number of nitrogens with zero attached hydrogens (tertiary/aromatic N) is 6. The highest BCUT2D eigenvalue weighted by Crippen LogP contribution is 2.38. The van der Waals surface area contributed by atoms with Crippen molar-refractivity contribution in [1.29, 1.82) is 0 Å². The fraction of sp³-hybridized carbons (Fsp3) is 0.333. The molecule has 3 heterocycles. The highest BCUT2D eigenvalue weighted by Gasteiger charge is 2.48. The molecule has 5 atom stereocenters. The van der Waals surface area contributed by atoms with E-state index in [-0.39, 0.29) is 22.8 Å². The maximum Gasteiger partial charge on any atom is 0.194 e. The van der Waals surface area contributed by atoms with Gasteiger partial charge in [0, 0.05) is 17.5 Å². The smallest absolute Gasteiger partial charge is 0.194 e. The molecule has 2 aromatic heterocycles. The molecule has 16 heteroatoms. The summed E-state index contributed by atoms with van der Waals surface area (Å²) in [5, 5.41) is 47.8. The molecule has 0 saturated carbocycles. The van der Waals surface area contributed by atoms with E-state index >= 15 is 0 Å². The summed E-state index contributed by atoms with van der Waals surface area (Å²) in [5.74, 6) is -4.65. The highest BCUT2D eigenvalue weighted by molar-refractivity contribution is 7.89. The number of aromatic nitrogens is 6. The molecule has 0 unspecified atom stereocenters. The fourth-order valence-electron chi connectivity index (χ4n) is 4.62. The first-order chi connectivity index (χ1) is 19.0. The highest BCUT2D eigenvalue weighted by atomic mass is 32.2. The molecule has 2 aromatic carbocycles. The van der Waals surface area contributed by atoms with Crippen molar-refractivity contribution in [2.24, 2.45) is 0 Å². The summed E-state index contributed by atoms with van der Waals surface area (Å²) in [5.41, 5.74) is 0.744. The number of aliphatic hydroxyl groups is 3. The topological polar surface area (TPSA) is 165 Å². The molecule has 40 heavy (non-hydrogen) atoms. The molecule has 1 saturated heterocycles. The third-order valence-corrected chi connectivity index (χ3v) is 7.29. The average Bonchev–Trinajstić information content (AvgIpc) is 3.57. The predicted octanol–water partition coefficient (Wildman–Crippen LogP) is 0.883. The number of hydrogen-bond acceptors (Lipinski definition) is 10. The van der Waals surface area contributed by atoms with E-state index in [1.807, 2.05) is 0 Å². The Bertz CT molecular complexity index is 1620. The van der Waals surface area contributed by atoms with E-state index in [4.69, 9.17) is 4.74 Å². The summed E-state index contributed by atoms with van der Waals surface area (Å²) in [4.78, 5) is 0. The second-order valence-electron chi connectivity index (χ2n) is 9.39. The van der Waals surface area contributed by atoms with Gasteiger partial charge in [0.25, 0.3) is 0 Å². The number of sulfone groups is 1. The quantitative estimate of drug-likeness (QED) is 0.267. The maximum absolute atomic E-state index is 13.8. The molecule has 1 fully saturated rings. The largest absolute Gasteiger partial charge is 0.394 e. The normalized spacial score (nSPS) is 23.4. The zero-order valence-corrected chi connectivity index (χ0v) is 21.5. The molecule has 1 aliphatic rings. The lowest BCUT2D eigenvalue weighted by molar-refractivity contribution is -0.210. The standard InChI is InChI=1S/C24H23F3N6O6S/c1-40(37,38)10-12-3-2-4-14(5-12)32-11-28-30-24(32)23-22(36)20(21(35)18(9-34)39-23)33-8-17(29-31-33)13-6-15(25)19(27)16(26)7-13/h2-8,11,18,20-23,34-36H,9-10H2,1H3/t18-,20+,21+,22-,23-/m1/s1. The van der Waals surface area contributed by atoms with Gasteiger partial charge in [-0.25, -0.2) is 26.3 Å². The van der Waals surface area contributed by atoms with Gasteiger partial charge in [-0.2, -0.15) is 0 Å². The number of hydrogen-bond donors (Lipinski definition) is 3. The van der Waals surface area contributed by atoms with Crippen molar-refractivity contribution in [1.82, 2.24) is 29.8 Å². The van der Waals surface area contributed by atoms with Crippen LogP contribution in [0.4, 0.5) is 13.2 Å². The van der Waals surface area contributed by atoms with Crippen molar-refractivity contribution in [3.63, 3.8) is 0 Å². The van der Waals surface area contributed by atoms with Gasteiger partial charge < -0.3 is 20.1 Å². The van der Waals surface area contributed by atoms with Crippen LogP contribution >= 0.6 is 0 Å². The molecular weight excluding hydrogens is 557 g/mol. The number of benzene rings is 2. The van der Waals surface area contributed by atoms with Crippen molar-refractivity contribution < 1.29 is 41.6 Å². The number of ether oxygens (including phenoxy) is 1. The average molecular weight is 581 g/mol. The zero-order valence-electron chi connectivity index (χ0n) is 20.7. The Morgan fingerprint density at radius 1 is 1.05 bits per heavy atom. The maximum atomic E-state index is 13.8. The van der Waals surface area contributed by atoms with Gasteiger partial charge >= 0.3 is 0 Å². The first-order valence-electron chi connectivity index (χ1n) is 11.8. The molecule has 0 amide bonds. The summed E-state index contributed by atoms with van der Waals surface area (Å²) >= 11 is 0. The van der Waals surface area contributed by atoms with E-state index in [2.05, 4.69) is 20.5 Å². The minimum Gasteiger partial charge on any atom is -0.394 e. The molecule has 12 nitrogen and oxygen atoms in total. The first kappa shape index (κ1) is 27.9. The first-order valence-corrected chi connectivity index (χ1v) is 13.9. The minimum absolute atomic E-state index is 0.0716. The van der Waals surface area contributed by atoms with Gasteiger partial charge in [0.15, 0.2) is 33.1 Å². The van der Waals surface area contributed by atoms with E-state index in [0.717, 1.165) is 23.1 Å². The van der Waals surface area contributed by atoms with E-state index in [9.17, 15) is 36.9 Å². The molecule has 3 N–H and O–H groups in total. The van der Waals surface area contributed by atoms with Gasteiger partial charge in [-0.1, -0.05) is 17.3 Å². The van der Waals surface area contributed by atoms with E-state index in [0.29, 0.717) is 11.3 Å². The monoisotopic (exact) mass is 580 g/mol. The van der Waals surface area contributed by atoms with Crippen LogP contribution in [0.25, 0.3) is 16.9 Å². The van der Waals surface area contributed by atoms with Crippen LogP contribution in [0.5, 0.6) is 0 Å². The summed E-state index contributed by atoms with van der Waals surface area (Å²) in [6.45, 7) is -0.658. The van der Waals surface area contributed by atoms with E-state index in [1.165, 1.54) is 17.1 Å². The fourth-order valence-corrected chi connectivity index (χ4v) is 5.41. The van der Waals surface area contributed by atoms with Gasteiger partial charge in [0.1, 0.15) is 42.5 Å². The Balaban J connectivity index is 1.50. The van der Waals surface area contributed by atoms with Crippen LogP contribution < -0.4 is 0 Å². The van der Waals surface area contributed by atoms with Gasteiger partial charge in [-0.3, -0.25) is 4.57 Å². The van der Waals surface area contributed by atoms with Gasteiger partial charge in [-0.15, -0.1) is 15.3 Å². The Hall–Kier alpha value is -3.70.